The lowest BCUT2D eigenvalue weighted by molar-refractivity contribution is -0.384. The highest BCUT2D eigenvalue weighted by Gasteiger charge is 2.17. The van der Waals surface area contributed by atoms with Crippen molar-refractivity contribution in [3.05, 3.63) is 74.1 Å². The van der Waals surface area contributed by atoms with Crippen molar-refractivity contribution in [3.8, 4) is 0 Å². The smallest absolute Gasteiger partial charge is 0.362 e. The summed E-state index contributed by atoms with van der Waals surface area (Å²) in [6.45, 7) is 1.71. The molecule has 0 radical (unpaired) electrons. The highest BCUT2D eigenvalue weighted by atomic mass is 16.6. The molecule has 1 aromatic heterocycles. The van der Waals surface area contributed by atoms with Gasteiger partial charge < -0.3 is 10.1 Å². The van der Waals surface area contributed by atoms with Crippen LogP contribution in [0.15, 0.2) is 47.3 Å². The number of carbonyl (C=O) groups is 2. The molecular weight excluding hydrogens is 368 g/mol. The maximum absolute atomic E-state index is 12.5. The van der Waals surface area contributed by atoms with E-state index in [2.05, 4.69) is 15.5 Å². The molecule has 1 amide bonds. The Morgan fingerprint density at radius 2 is 1.93 bits per heavy atom. The summed E-state index contributed by atoms with van der Waals surface area (Å²) < 4.78 is 4.80. The summed E-state index contributed by atoms with van der Waals surface area (Å²) in [4.78, 5) is 46.7. The van der Waals surface area contributed by atoms with Gasteiger partial charge in [0.05, 0.1) is 22.4 Å². The second-order valence-electron chi connectivity index (χ2n) is 5.64. The van der Waals surface area contributed by atoms with Crippen LogP contribution in [-0.4, -0.2) is 33.6 Å². The highest BCUT2D eigenvalue weighted by Crippen LogP contribution is 2.17. The number of nitro benzene ring substituents is 1. The number of hydrogen-bond acceptors (Lipinski definition) is 7. The number of nitro groups is 1. The molecule has 3 aromatic rings. The number of aromatic amines is 1. The summed E-state index contributed by atoms with van der Waals surface area (Å²) in [5.41, 5.74) is -0.241. The molecule has 0 saturated carbocycles. The Morgan fingerprint density at radius 3 is 2.57 bits per heavy atom. The van der Waals surface area contributed by atoms with Crippen molar-refractivity contribution in [3.63, 3.8) is 0 Å². The fourth-order valence-corrected chi connectivity index (χ4v) is 2.48. The fourth-order valence-electron chi connectivity index (χ4n) is 2.48. The number of aromatic nitrogens is 2. The summed E-state index contributed by atoms with van der Waals surface area (Å²) in [6, 6.07) is 9.57. The Hall–Kier alpha value is -4.08. The molecule has 10 nitrogen and oxygen atoms in total. The predicted molar refractivity (Wildman–Crippen MR) is 99.4 cm³/mol. The number of fused-ring (bicyclic) bond motifs is 1. The monoisotopic (exact) mass is 382 g/mol. The molecule has 10 heteroatoms. The van der Waals surface area contributed by atoms with Crippen molar-refractivity contribution in [2.45, 2.75) is 6.92 Å². The van der Waals surface area contributed by atoms with Gasteiger partial charge >= 0.3 is 5.97 Å². The van der Waals surface area contributed by atoms with Crippen LogP contribution in [-0.2, 0) is 4.74 Å². The number of ether oxygens (including phenoxy) is 1. The van der Waals surface area contributed by atoms with Crippen molar-refractivity contribution in [1.82, 2.24) is 10.2 Å². The van der Waals surface area contributed by atoms with Gasteiger partial charge in [-0.3, -0.25) is 24.8 Å². The first-order valence-corrected chi connectivity index (χ1v) is 8.16. The van der Waals surface area contributed by atoms with E-state index in [1.54, 1.807) is 13.0 Å². The van der Waals surface area contributed by atoms with E-state index in [1.165, 1.54) is 36.4 Å². The number of anilines is 1. The lowest BCUT2D eigenvalue weighted by atomic mass is 10.1. The van der Waals surface area contributed by atoms with Crippen LogP contribution in [0.25, 0.3) is 10.9 Å². The van der Waals surface area contributed by atoms with Crippen molar-refractivity contribution in [2.75, 3.05) is 11.9 Å². The van der Waals surface area contributed by atoms with Crippen LogP contribution in [0, 0.1) is 10.1 Å². The van der Waals surface area contributed by atoms with Gasteiger partial charge in [-0.2, -0.15) is 5.10 Å². The molecule has 0 saturated heterocycles. The van der Waals surface area contributed by atoms with E-state index in [4.69, 9.17) is 4.74 Å². The van der Waals surface area contributed by atoms with Crippen molar-refractivity contribution >= 4 is 34.2 Å². The third kappa shape index (κ3) is 3.70. The molecule has 0 unspecified atom stereocenters. The Morgan fingerprint density at radius 1 is 1.21 bits per heavy atom. The molecule has 0 atom stereocenters. The summed E-state index contributed by atoms with van der Waals surface area (Å²) in [5, 5.41) is 19.8. The van der Waals surface area contributed by atoms with Crippen molar-refractivity contribution < 1.29 is 19.2 Å². The van der Waals surface area contributed by atoms with E-state index in [0.29, 0.717) is 11.2 Å². The number of rotatable bonds is 5. The van der Waals surface area contributed by atoms with E-state index >= 15 is 0 Å². The number of non-ortho nitro benzene ring substituents is 1. The van der Waals surface area contributed by atoms with Gasteiger partial charge in [0, 0.05) is 23.4 Å². The molecule has 0 aliphatic carbocycles. The Bertz CT molecular complexity index is 1140. The average Bonchev–Trinajstić information content (AvgIpc) is 2.69. The van der Waals surface area contributed by atoms with E-state index < -0.39 is 22.2 Å². The Kier molecular flexibility index (Phi) is 5.12. The van der Waals surface area contributed by atoms with E-state index in [-0.39, 0.29) is 28.9 Å². The Balaban J connectivity index is 1.90. The minimum Gasteiger partial charge on any atom is -0.461 e. The normalized spacial score (nSPS) is 10.5. The van der Waals surface area contributed by atoms with Crippen LogP contribution in [0.5, 0.6) is 0 Å². The van der Waals surface area contributed by atoms with Crippen molar-refractivity contribution in [2.24, 2.45) is 0 Å². The molecule has 28 heavy (non-hydrogen) atoms. The number of esters is 1. The quantitative estimate of drug-likeness (QED) is 0.391. The van der Waals surface area contributed by atoms with Gasteiger partial charge in [-0.1, -0.05) is 0 Å². The second kappa shape index (κ2) is 7.66. The molecule has 0 fully saturated rings. The largest absolute Gasteiger partial charge is 0.461 e. The third-order valence-electron chi connectivity index (χ3n) is 3.83. The minimum absolute atomic E-state index is 0.101. The van der Waals surface area contributed by atoms with Crippen LogP contribution >= 0.6 is 0 Å². The van der Waals surface area contributed by atoms with Gasteiger partial charge in [0.2, 0.25) is 11.1 Å². The predicted octanol–water partition coefficient (Wildman–Crippen LogP) is 2.26. The molecule has 0 spiro atoms. The SMILES string of the molecule is CCOC(=O)c1n[nH]c2ccc(NC(=O)c3ccc([N+](=O)[O-])cc3)cc2c1=O. The van der Waals surface area contributed by atoms with Crippen LogP contribution < -0.4 is 10.7 Å². The summed E-state index contributed by atoms with van der Waals surface area (Å²) in [5.74, 6) is -1.35. The zero-order chi connectivity index (χ0) is 20.3. The standard InChI is InChI=1S/C18H14N4O6/c1-2-28-18(25)15-16(23)13-9-11(5-8-14(13)20-21-15)19-17(24)10-3-6-12(7-4-10)22(26)27/h3-9H,2H2,1H3,(H,19,24)(H,20,23). The maximum Gasteiger partial charge on any atom is 0.362 e. The zero-order valence-corrected chi connectivity index (χ0v) is 14.6. The molecule has 2 N–H and O–H groups in total. The highest BCUT2D eigenvalue weighted by molar-refractivity contribution is 6.05. The number of carbonyl (C=O) groups excluding carboxylic acids is 2. The number of nitrogens with one attached hydrogen (secondary N) is 2. The molecule has 142 valence electrons. The number of amides is 1. The van der Waals surface area contributed by atoms with Gasteiger partial charge in [0.25, 0.3) is 11.6 Å². The van der Waals surface area contributed by atoms with Crippen LogP contribution in [0.4, 0.5) is 11.4 Å². The second-order valence-corrected chi connectivity index (χ2v) is 5.64. The van der Waals surface area contributed by atoms with Crippen LogP contribution in [0.1, 0.15) is 27.8 Å². The first kappa shape index (κ1) is 18.7. The fraction of sp³-hybridized carbons (Fsp3) is 0.111. The molecule has 0 bridgehead atoms. The van der Waals surface area contributed by atoms with Crippen LogP contribution in [0.3, 0.4) is 0 Å². The van der Waals surface area contributed by atoms with E-state index in [0.717, 1.165) is 0 Å². The van der Waals surface area contributed by atoms with Crippen molar-refractivity contribution in [1.29, 1.82) is 0 Å². The molecule has 1 heterocycles. The summed E-state index contributed by atoms with van der Waals surface area (Å²) >= 11 is 0. The van der Waals surface area contributed by atoms with Gasteiger partial charge in [-0.25, -0.2) is 4.79 Å². The zero-order valence-electron chi connectivity index (χ0n) is 14.6. The first-order valence-electron chi connectivity index (χ1n) is 8.16. The van der Waals surface area contributed by atoms with Gasteiger partial charge in [-0.15, -0.1) is 0 Å². The number of hydrogen-bond donors (Lipinski definition) is 2. The van der Waals surface area contributed by atoms with Gasteiger partial charge in [0.15, 0.2) is 0 Å². The van der Waals surface area contributed by atoms with Crippen LogP contribution in [0.2, 0.25) is 0 Å². The topological polar surface area (TPSA) is 144 Å². The summed E-state index contributed by atoms with van der Waals surface area (Å²) in [6.07, 6.45) is 0. The molecule has 3 rings (SSSR count). The van der Waals surface area contributed by atoms with Gasteiger partial charge in [0.1, 0.15) is 0 Å². The molecular formula is C18H14N4O6. The maximum atomic E-state index is 12.5. The molecule has 0 aliphatic rings. The average molecular weight is 382 g/mol. The number of H-pyrrole nitrogens is 1. The van der Waals surface area contributed by atoms with E-state index in [9.17, 15) is 24.5 Å². The van der Waals surface area contributed by atoms with Gasteiger partial charge in [-0.05, 0) is 37.3 Å². The lowest BCUT2D eigenvalue weighted by Gasteiger charge is -2.07. The molecule has 2 aromatic carbocycles. The summed E-state index contributed by atoms with van der Waals surface area (Å²) in [7, 11) is 0. The molecule has 0 aliphatic heterocycles. The Labute approximate surface area is 157 Å². The third-order valence-corrected chi connectivity index (χ3v) is 3.83. The van der Waals surface area contributed by atoms with E-state index in [1.807, 2.05) is 0 Å². The lowest BCUT2D eigenvalue weighted by Crippen LogP contribution is -2.21. The minimum atomic E-state index is -0.842. The first-order chi connectivity index (χ1) is 13.4. The number of nitrogens with zero attached hydrogens (tertiary/aromatic N) is 2. The number of benzene rings is 2.